The molecule has 0 aliphatic heterocycles. The van der Waals surface area contributed by atoms with Crippen molar-refractivity contribution in [1.29, 1.82) is 0 Å². The fourth-order valence-corrected chi connectivity index (χ4v) is 1.96. The SMILES string of the molecule is Cc1n[nH]c(C)c1CC(=O)Nc1ccc(C(=O)O)cc1O. The number of H-pyrrole nitrogens is 1. The lowest BCUT2D eigenvalue weighted by atomic mass is 10.1. The van der Waals surface area contributed by atoms with Gasteiger partial charge in [0.25, 0.3) is 0 Å². The van der Waals surface area contributed by atoms with Crippen molar-refractivity contribution in [3.8, 4) is 5.75 Å². The topological polar surface area (TPSA) is 115 Å². The smallest absolute Gasteiger partial charge is 0.335 e. The molecule has 1 amide bonds. The summed E-state index contributed by atoms with van der Waals surface area (Å²) in [4.78, 5) is 22.7. The maximum Gasteiger partial charge on any atom is 0.335 e. The molecule has 0 radical (unpaired) electrons. The van der Waals surface area contributed by atoms with Gasteiger partial charge in [-0.05, 0) is 32.0 Å². The number of amides is 1. The van der Waals surface area contributed by atoms with E-state index in [1.54, 1.807) is 6.92 Å². The fraction of sp³-hybridized carbons (Fsp3) is 0.214. The number of carboxylic acid groups (broad SMARTS) is 1. The van der Waals surface area contributed by atoms with Gasteiger partial charge in [0.15, 0.2) is 0 Å². The summed E-state index contributed by atoms with van der Waals surface area (Å²) in [5, 5.41) is 27.9. The van der Waals surface area contributed by atoms with Gasteiger partial charge in [-0.25, -0.2) is 4.79 Å². The Bertz CT molecular complexity index is 687. The second kappa shape index (κ2) is 5.66. The number of aromatic nitrogens is 2. The van der Waals surface area contributed by atoms with Crippen molar-refractivity contribution in [3.05, 3.63) is 40.7 Å². The highest BCUT2D eigenvalue weighted by Crippen LogP contribution is 2.24. The molecule has 21 heavy (non-hydrogen) atoms. The van der Waals surface area contributed by atoms with Crippen molar-refractivity contribution in [2.45, 2.75) is 20.3 Å². The summed E-state index contributed by atoms with van der Waals surface area (Å²) in [6.07, 6.45) is 0.119. The van der Waals surface area contributed by atoms with Crippen LogP contribution in [0, 0.1) is 13.8 Å². The first-order chi connectivity index (χ1) is 9.88. The number of hydrogen-bond donors (Lipinski definition) is 4. The largest absolute Gasteiger partial charge is 0.506 e. The monoisotopic (exact) mass is 289 g/mol. The van der Waals surface area contributed by atoms with E-state index in [9.17, 15) is 14.7 Å². The van der Waals surface area contributed by atoms with Gasteiger partial charge >= 0.3 is 5.97 Å². The van der Waals surface area contributed by atoms with Gasteiger partial charge < -0.3 is 15.5 Å². The lowest BCUT2D eigenvalue weighted by Crippen LogP contribution is -2.15. The van der Waals surface area contributed by atoms with E-state index in [1.165, 1.54) is 12.1 Å². The van der Waals surface area contributed by atoms with Crippen molar-refractivity contribution < 1.29 is 19.8 Å². The Labute approximate surface area is 120 Å². The van der Waals surface area contributed by atoms with Crippen LogP contribution in [0.5, 0.6) is 5.75 Å². The number of hydrogen-bond acceptors (Lipinski definition) is 4. The van der Waals surface area contributed by atoms with Gasteiger partial charge in [0.1, 0.15) is 5.75 Å². The van der Waals surface area contributed by atoms with E-state index in [0.717, 1.165) is 23.0 Å². The Balaban J connectivity index is 2.11. The zero-order valence-corrected chi connectivity index (χ0v) is 11.6. The van der Waals surface area contributed by atoms with Crippen LogP contribution in [0.1, 0.15) is 27.3 Å². The average Bonchev–Trinajstić information content (AvgIpc) is 2.72. The highest BCUT2D eigenvalue weighted by atomic mass is 16.4. The van der Waals surface area contributed by atoms with Crippen molar-refractivity contribution in [3.63, 3.8) is 0 Å². The van der Waals surface area contributed by atoms with Crippen LogP contribution in [-0.2, 0) is 11.2 Å². The predicted molar refractivity (Wildman–Crippen MR) is 75.5 cm³/mol. The Morgan fingerprint density at radius 1 is 1.33 bits per heavy atom. The van der Waals surface area contributed by atoms with E-state index in [2.05, 4.69) is 15.5 Å². The number of rotatable bonds is 4. The Morgan fingerprint density at radius 3 is 2.57 bits per heavy atom. The third-order valence-corrected chi connectivity index (χ3v) is 3.14. The summed E-state index contributed by atoms with van der Waals surface area (Å²) in [5.74, 6) is -1.75. The maximum atomic E-state index is 12.0. The molecular weight excluding hydrogens is 274 g/mol. The first-order valence-electron chi connectivity index (χ1n) is 6.25. The van der Waals surface area contributed by atoms with E-state index in [0.29, 0.717) is 0 Å². The number of nitrogens with one attached hydrogen (secondary N) is 2. The normalized spacial score (nSPS) is 10.4. The second-order valence-corrected chi connectivity index (χ2v) is 4.67. The minimum absolute atomic E-state index is 0.0491. The molecule has 2 rings (SSSR count). The molecule has 0 unspecified atom stereocenters. The second-order valence-electron chi connectivity index (χ2n) is 4.67. The number of aromatic amines is 1. The molecule has 1 heterocycles. The Kier molecular flexibility index (Phi) is 3.93. The minimum Gasteiger partial charge on any atom is -0.506 e. The Hall–Kier alpha value is -2.83. The summed E-state index contributed by atoms with van der Waals surface area (Å²) in [6, 6.07) is 3.75. The molecule has 2 aromatic rings. The first kappa shape index (κ1) is 14.6. The summed E-state index contributed by atoms with van der Waals surface area (Å²) in [6.45, 7) is 3.62. The maximum absolute atomic E-state index is 12.0. The molecule has 0 bridgehead atoms. The quantitative estimate of drug-likeness (QED) is 0.638. The van der Waals surface area contributed by atoms with E-state index >= 15 is 0 Å². The molecule has 1 aromatic carbocycles. The minimum atomic E-state index is -1.15. The molecule has 0 spiro atoms. The van der Waals surface area contributed by atoms with Crippen molar-refractivity contribution in [2.75, 3.05) is 5.32 Å². The van der Waals surface area contributed by atoms with Crippen LogP contribution < -0.4 is 5.32 Å². The van der Waals surface area contributed by atoms with Crippen LogP contribution in [0.2, 0.25) is 0 Å². The van der Waals surface area contributed by atoms with Crippen molar-refractivity contribution >= 4 is 17.6 Å². The van der Waals surface area contributed by atoms with Gasteiger partial charge in [0, 0.05) is 11.3 Å². The number of aryl methyl sites for hydroxylation is 2. The number of carboxylic acids is 1. The third kappa shape index (κ3) is 3.19. The van der Waals surface area contributed by atoms with Crippen molar-refractivity contribution in [2.24, 2.45) is 0 Å². The highest BCUT2D eigenvalue weighted by molar-refractivity contribution is 5.95. The number of nitrogens with zero attached hydrogens (tertiary/aromatic N) is 1. The summed E-state index contributed by atoms with van der Waals surface area (Å²) < 4.78 is 0. The van der Waals surface area contributed by atoms with Gasteiger partial charge in [0.2, 0.25) is 5.91 Å². The zero-order valence-electron chi connectivity index (χ0n) is 11.6. The highest BCUT2D eigenvalue weighted by Gasteiger charge is 2.14. The molecule has 0 fully saturated rings. The molecule has 7 heteroatoms. The molecule has 0 aliphatic rings. The van der Waals surface area contributed by atoms with Crippen LogP contribution in [-0.4, -0.2) is 32.3 Å². The lowest BCUT2D eigenvalue weighted by molar-refractivity contribution is -0.115. The molecule has 0 saturated carbocycles. The van der Waals surface area contributed by atoms with Crippen LogP contribution in [0.3, 0.4) is 0 Å². The number of phenolic OH excluding ortho intramolecular Hbond substituents is 1. The van der Waals surface area contributed by atoms with E-state index < -0.39 is 5.97 Å². The number of anilines is 1. The number of carbonyl (C=O) groups excluding carboxylic acids is 1. The van der Waals surface area contributed by atoms with Crippen LogP contribution in [0.15, 0.2) is 18.2 Å². The molecule has 1 aromatic heterocycles. The summed E-state index contributed by atoms with van der Waals surface area (Å²) >= 11 is 0. The molecule has 110 valence electrons. The molecule has 4 N–H and O–H groups in total. The van der Waals surface area contributed by atoms with Gasteiger partial charge in [0.05, 0.1) is 23.4 Å². The lowest BCUT2D eigenvalue weighted by Gasteiger charge is -2.08. The molecule has 0 saturated heterocycles. The molecule has 7 nitrogen and oxygen atoms in total. The van der Waals surface area contributed by atoms with Gasteiger partial charge in [-0.1, -0.05) is 0 Å². The summed E-state index contributed by atoms with van der Waals surface area (Å²) in [7, 11) is 0. The van der Waals surface area contributed by atoms with E-state index in [1.807, 2.05) is 6.92 Å². The zero-order chi connectivity index (χ0) is 15.6. The van der Waals surface area contributed by atoms with Crippen LogP contribution in [0.4, 0.5) is 5.69 Å². The van der Waals surface area contributed by atoms with Gasteiger partial charge in [-0.15, -0.1) is 0 Å². The molecule has 0 aliphatic carbocycles. The number of benzene rings is 1. The summed E-state index contributed by atoms with van der Waals surface area (Å²) in [5.41, 5.74) is 2.48. The number of phenols is 1. The number of aromatic hydroxyl groups is 1. The van der Waals surface area contributed by atoms with E-state index in [4.69, 9.17) is 5.11 Å². The number of aromatic carboxylic acids is 1. The number of carbonyl (C=O) groups is 2. The van der Waals surface area contributed by atoms with Crippen LogP contribution in [0.25, 0.3) is 0 Å². The van der Waals surface area contributed by atoms with Crippen LogP contribution >= 0.6 is 0 Å². The van der Waals surface area contributed by atoms with Crippen molar-refractivity contribution in [1.82, 2.24) is 10.2 Å². The predicted octanol–water partition coefficient (Wildman–Crippen LogP) is 1.61. The first-order valence-corrected chi connectivity index (χ1v) is 6.25. The third-order valence-electron chi connectivity index (χ3n) is 3.14. The van der Waals surface area contributed by atoms with Gasteiger partial charge in [-0.3, -0.25) is 9.89 Å². The standard InChI is InChI=1S/C14H15N3O4/c1-7-10(8(2)17-16-7)6-13(19)15-11-4-3-9(14(20)21)5-12(11)18/h3-5,18H,6H2,1-2H3,(H,15,19)(H,16,17)(H,20,21). The Morgan fingerprint density at radius 2 is 2.05 bits per heavy atom. The molecule has 0 atom stereocenters. The average molecular weight is 289 g/mol. The van der Waals surface area contributed by atoms with E-state index in [-0.39, 0.29) is 29.3 Å². The van der Waals surface area contributed by atoms with Gasteiger partial charge in [-0.2, -0.15) is 5.10 Å². The molecular formula is C14H15N3O4. The fourth-order valence-electron chi connectivity index (χ4n) is 1.96.